The van der Waals surface area contributed by atoms with Gasteiger partial charge >= 0.3 is 0 Å². The Kier molecular flexibility index (Phi) is 1.30. The lowest BCUT2D eigenvalue weighted by atomic mass is 10.0. The molecule has 2 aliphatic rings. The third-order valence-electron chi connectivity index (χ3n) is 3.22. The number of hydrogen-bond donors (Lipinski definition) is 0. The van der Waals surface area contributed by atoms with Gasteiger partial charge in [-0.3, -0.25) is 0 Å². The largest absolute Gasteiger partial charge is 0.247 e. The molecule has 0 spiro atoms. The van der Waals surface area contributed by atoms with Crippen molar-refractivity contribution in [3.63, 3.8) is 0 Å². The van der Waals surface area contributed by atoms with Crippen molar-refractivity contribution in [2.24, 2.45) is 23.7 Å². The van der Waals surface area contributed by atoms with Crippen molar-refractivity contribution in [2.75, 3.05) is 0 Å². The molecule has 2 aliphatic carbocycles. The summed E-state index contributed by atoms with van der Waals surface area (Å²) >= 11 is 0. The molecule has 0 N–H and O–H groups in total. The number of alkyl halides is 1. The highest BCUT2D eigenvalue weighted by molar-refractivity contribution is 5.05. The molecule has 0 aromatic heterocycles. The SMILES string of the molecule is CC(C)[C@@H]1[C@@H]2C[C@@H](F)C[C@@H]21. The molecule has 0 saturated heterocycles. The molecule has 0 heterocycles. The predicted molar refractivity (Wildman–Crippen MR) is 39.4 cm³/mol. The Bertz CT molecular complexity index is 130. The van der Waals surface area contributed by atoms with E-state index in [1.165, 1.54) is 0 Å². The molecule has 0 aromatic carbocycles. The van der Waals surface area contributed by atoms with Gasteiger partial charge in [0.25, 0.3) is 0 Å². The van der Waals surface area contributed by atoms with Crippen molar-refractivity contribution < 1.29 is 4.39 Å². The first kappa shape index (κ1) is 6.63. The quantitative estimate of drug-likeness (QED) is 0.528. The summed E-state index contributed by atoms with van der Waals surface area (Å²) in [7, 11) is 0. The van der Waals surface area contributed by atoms with Gasteiger partial charge in [0.05, 0.1) is 0 Å². The lowest BCUT2D eigenvalue weighted by Crippen LogP contribution is -2.04. The van der Waals surface area contributed by atoms with Crippen LogP contribution in [0.5, 0.6) is 0 Å². The van der Waals surface area contributed by atoms with Crippen molar-refractivity contribution >= 4 is 0 Å². The van der Waals surface area contributed by atoms with E-state index in [0.29, 0.717) is 0 Å². The van der Waals surface area contributed by atoms with Crippen molar-refractivity contribution in [1.29, 1.82) is 0 Å². The monoisotopic (exact) mass is 142 g/mol. The second-order valence-electron chi connectivity index (χ2n) is 4.22. The van der Waals surface area contributed by atoms with Crippen LogP contribution in [0.1, 0.15) is 26.7 Å². The second kappa shape index (κ2) is 1.96. The average molecular weight is 142 g/mol. The number of hydrogen-bond acceptors (Lipinski definition) is 0. The fourth-order valence-electron chi connectivity index (χ4n) is 2.81. The number of fused-ring (bicyclic) bond motifs is 1. The van der Waals surface area contributed by atoms with Crippen molar-refractivity contribution in [3.05, 3.63) is 0 Å². The van der Waals surface area contributed by atoms with Gasteiger partial charge in [0.2, 0.25) is 0 Å². The molecule has 0 bridgehead atoms. The Hall–Kier alpha value is -0.0700. The third-order valence-corrected chi connectivity index (χ3v) is 3.22. The highest BCUT2D eigenvalue weighted by Crippen LogP contribution is 2.61. The summed E-state index contributed by atoms with van der Waals surface area (Å²) in [6.45, 7) is 4.52. The van der Waals surface area contributed by atoms with Gasteiger partial charge in [-0.25, -0.2) is 4.39 Å². The summed E-state index contributed by atoms with van der Waals surface area (Å²) in [5, 5.41) is 0. The summed E-state index contributed by atoms with van der Waals surface area (Å²) in [4.78, 5) is 0. The molecular formula is C9H15F. The van der Waals surface area contributed by atoms with E-state index in [9.17, 15) is 4.39 Å². The minimum Gasteiger partial charge on any atom is -0.247 e. The van der Waals surface area contributed by atoms with Crippen LogP contribution in [0.3, 0.4) is 0 Å². The van der Waals surface area contributed by atoms with Crippen LogP contribution in [-0.4, -0.2) is 6.17 Å². The van der Waals surface area contributed by atoms with E-state index in [2.05, 4.69) is 13.8 Å². The first-order valence-electron chi connectivity index (χ1n) is 4.34. The maximum absolute atomic E-state index is 12.6. The van der Waals surface area contributed by atoms with E-state index < -0.39 is 6.17 Å². The molecule has 0 aromatic rings. The van der Waals surface area contributed by atoms with Crippen LogP contribution < -0.4 is 0 Å². The molecule has 58 valence electrons. The molecule has 0 radical (unpaired) electrons. The zero-order valence-electron chi connectivity index (χ0n) is 6.68. The standard InChI is InChI=1S/C9H15F/c1-5(2)9-7-3-6(10)4-8(7)9/h5-9H,3-4H2,1-2H3/t6-,7-,8+,9-. The van der Waals surface area contributed by atoms with E-state index in [1.807, 2.05) is 0 Å². The maximum atomic E-state index is 12.6. The zero-order chi connectivity index (χ0) is 7.30. The normalized spacial score (nSPS) is 51.6. The Balaban J connectivity index is 1.92. The molecule has 4 atom stereocenters. The van der Waals surface area contributed by atoms with Crippen LogP contribution >= 0.6 is 0 Å². The summed E-state index contributed by atoms with van der Waals surface area (Å²) in [6, 6.07) is 0. The highest BCUT2D eigenvalue weighted by atomic mass is 19.1. The van der Waals surface area contributed by atoms with Gasteiger partial charge in [-0.05, 0) is 36.5 Å². The van der Waals surface area contributed by atoms with Crippen LogP contribution in [0.4, 0.5) is 4.39 Å². The third kappa shape index (κ3) is 0.792. The predicted octanol–water partition coefficient (Wildman–Crippen LogP) is 2.64. The van der Waals surface area contributed by atoms with E-state index in [4.69, 9.17) is 0 Å². The lowest BCUT2D eigenvalue weighted by Gasteiger charge is -2.08. The minimum absolute atomic E-state index is 0.454. The topological polar surface area (TPSA) is 0 Å². The van der Waals surface area contributed by atoms with Crippen molar-refractivity contribution in [1.82, 2.24) is 0 Å². The molecule has 0 aliphatic heterocycles. The minimum atomic E-state index is -0.454. The highest BCUT2D eigenvalue weighted by Gasteiger charge is 2.56. The smallest absolute Gasteiger partial charge is 0.101 e. The summed E-state index contributed by atoms with van der Waals surface area (Å²) < 4.78 is 12.6. The Morgan fingerprint density at radius 3 is 2.10 bits per heavy atom. The average Bonchev–Trinajstić information content (AvgIpc) is 2.32. The fourth-order valence-corrected chi connectivity index (χ4v) is 2.81. The van der Waals surface area contributed by atoms with Gasteiger partial charge in [-0.15, -0.1) is 0 Å². The summed E-state index contributed by atoms with van der Waals surface area (Å²) in [5.74, 6) is 3.22. The van der Waals surface area contributed by atoms with E-state index in [-0.39, 0.29) is 0 Å². The van der Waals surface area contributed by atoms with Gasteiger partial charge in [-0.2, -0.15) is 0 Å². The van der Waals surface area contributed by atoms with Crippen LogP contribution in [0.15, 0.2) is 0 Å². The Morgan fingerprint density at radius 2 is 1.70 bits per heavy atom. The summed E-state index contributed by atoms with van der Waals surface area (Å²) in [6.07, 6.45) is 1.28. The van der Waals surface area contributed by atoms with Gasteiger partial charge in [0.1, 0.15) is 6.17 Å². The van der Waals surface area contributed by atoms with Crippen molar-refractivity contribution in [3.8, 4) is 0 Å². The summed E-state index contributed by atoms with van der Waals surface area (Å²) in [5.41, 5.74) is 0. The molecule has 0 unspecified atom stereocenters. The molecule has 2 rings (SSSR count). The number of rotatable bonds is 1. The van der Waals surface area contributed by atoms with E-state index in [0.717, 1.165) is 36.5 Å². The molecule has 0 nitrogen and oxygen atoms in total. The molecule has 2 saturated carbocycles. The van der Waals surface area contributed by atoms with Gasteiger partial charge in [0, 0.05) is 0 Å². The van der Waals surface area contributed by atoms with Gasteiger partial charge in [0.15, 0.2) is 0 Å². The maximum Gasteiger partial charge on any atom is 0.101 e. The van der Waals surface area contributed by atoms with E-state index in [1.54, 1.807) is 0 Å². The zero-order valence-corrected chi connectivity index (χ0v) is 6.68. The van der Waals surface area contributed by atoms with Gasteiger partial charge in [-0.1, -0.05) is 13.8 Å². The Morgan fingerprint density at radius 1 is 1.20 bits per heavy atom. The van der Waals surface area contributed by atoms with E-state index >= 15 is 0 Å². The van der Waals surface area contributed by atoms with Crippen molar-refractivity contribution in [2.45, 2.75) is 32.9 Å². The molecule has 1 heteroatoms. The number of halogens is 1. The molecule has 2 fully saturated rings. The van der Waals surface area contributed by atoms with Crippen LogP contribution in [0.2, 0.25) is 0 Å². The lowest BCUT2D eigenvalue weighted by molar-refractivity contribution is 0.285. The van der Waals surface area contributed by atoms with Crippen LogP contribution in [0, 0.1) is 23.7 Å². The first-order chi connectivity index (χ1) is 4.70. The fraction of sp³-hybridized carbons (Fsp3) is 1.00. The van der Waals surface area contributed by atoms with Crippen LogP contribution in [0.25, 0.3) is 0 Å². The molecular weight excluding hydrogens is 127 g/mol. The molecule has 10 heavy (non-hydrogen) atoms. The Labute approximate surface area is 61.8 Å². The second-order valence-corrected chi connectivity index (χ2v) is 4.22. The van der Waals surface area contributed by atoms with Crippen LogP contribution in [-0.2, 0) is 0 Å². The first-order valence-corrected chi connectivity index (χ1v) is 4.34. The van der Waals surface area contributed by atoms with Gasteiger partial charge < -0.3 is 0 Å². The molecule has 0 amide bonds.